The molecule has 0 bridgehead atoms. The van der Waals surface area contributed by atoms with E-state index in [0.29, 0.717) is 0 Å². The van der Waals surface area contributed by atoms with E-state index >= 15 is 0 Å². The summed E-state index contributed by atoms with van der Waals surface area (Å²) in [5, 5.41) is 6.27. The van der Waals surface area contributed by atoms with Gasteiger partial charge in [-0.2, -0.15) is 0 Å². The van der Waals surface area contributed by atoms with Crippen molar-refractivity contribution in [1.82, 2.24) is 10.3 Å². The maximum Gasteiger partial charge on any atom is 0.115 e. The fraction of sp³-hybridized carbons (Fsp3) is 0.222. The average Bonchev–Trinajstić information content (AvgIpc) is 2.80. The van der Waals surface area contributed by atoms with Crippen molar-refractivity contribution in [2.75, 3.05) is 7.05 Å². The number of hydrogen-bond donors (Lipinski definition) is 1. The molecule has 15 heavy (non-hydrogen) atoms. The monoisotopic (exact) mass is 322 g/mol. The van der Waals surface area contributed by atoms with Crippen molar-refractivity contribution in [1.29, 1.82) is 0 Å². The van der Waals surface area contributed by atoms with E-state index < -0.39 is 0 Å². The molecule has 2 rings (SSSR count). The number of thiophene rings is 1. The minimum Gasteiger partial charge on any atom is -0.307 e. The molecule has 1 unspecified atom stereocenters. The Kier molecular flexibility index (Phi) is 3.79. The fourth-order valence-corrected chi connectivity index (χ4v) is 3.96. The van der Waals surface area contributed by atoms with Gasteiger partial charge in [0.2, 0.25) is 0 Å². The lowest BCUT2D eigenvalue weighted by molar-refractivity contribution is 0.698. The lowest BCUT2D eigenvalue weighted by Gasteiger charge is -2.10. The molecule has 0 saturated heterocycles. The van der Waals surface area contributed by atoms with Gasteiger partial charge in [0.1, 0.15) is 9.34 Å². The van der Waals surface area contributed by atoms with Gasteiger partial charge < -0.3 is 5.32 Å². The number of nitrogens with zero attached hydrogens (tertiary/aromatic N) is 1. The average molecular weight is 324 g/mol. The molecule has 0 aliphatic heterocycles. The highest BCUT2D eigenvalue weighted by molar-refractivity contribution is 9.10. The van der Waals surface area contributed by atoms with Gasteiger partial charge in [-0.05, 0) is 29.0 Å². The molecule has 2 nitrogen and oxygen atoms in total. The van der Waals surface area contributed by atoms with Crippen molar-refractivity contribution in [3.05, 3.63) is 36.3 Å². The van der Waals surface area contributed by atoms with Gasteiger partial charge in [-0.1, -0.05) is 11.6 Å². The molecule has 1 N–H and O–H groups in total. The quantitative estimate of drug-likeness (QED) is 0.926. The van der Waals surface area contributed by atoms with Crippen LogP contribution in [0.5, 0.6) is 0 Å². The summed E-state index contributed by atoms with van der Waals surface area (Å²) in [6.45, 7) is 0. The molecular formula is C9H8BrClN2S2. The Morgan fingerprint density at radius 2 is 2.40 bits per heavy atom. The van der Waals surface area contributed by atoms with E-state index in [9.17, 15) is 0 Å². The molecule has 0 aliphatic carbocycles. The molecule has 2 aromatic heterocycles. The van der Waals surface area contributed by atoms with E-state index in [4.69, 9.17) is 11.6 Å². The predicted molar refractivity (Wildman–Crippen MR) is 70.0 cm³/mol. The maximum absolute atomic E-state index is 6.02. The lowest BCUT2D eigenvalue weighted by Crippen LogP contribution is -2.15. The van der Waals surface area contributed by atoms with Crippen LogP contribution in [-0.4, -0.2) is 12.0 Å². The van der Waals surface area contributed by atoms with Gasteiger partial charge >= 0.3 is 0 Å². The molecule has 0 saturated carbocycles. The minimum absolute atomic E-state index is 0.138. The van der Waals surface area contributed by atoms with Crippen LogP contribution in [0.15, 0.2) is 22.1 Å². The first-order valence-corrected chi connectivity index (χ1v) is 7.10. The molecule has 0 amide bonds. The highest BCUT2D eigenvalue weighted by Gasteiger charge is 2.18. The molecule has 0 radical (unpaired) electrons. The molecule has 2 heterocycles. The molecule has 80 valence electrons. The Balaban J connectivity index is 2.35. The van der Waals surface area contributed by atoms with E-state index in [1.165, 1.54) is 4.88 Å². The van der Waals surface area contributed by atoms with Crippen molar-refractivity contribution in [3.63, 3.8) is 0 Å². The van der Waals surface area contributed by atoms with Gasteiger partial charge in [0.15, 0.2) is 0 Å². The molecule has 0 aliphatic rings. The van der Waals surface area contributed by atoms with Crippen molar-refractivity contribution >= 4 is 50.2 Å². The van der Waals surface area contributed by atoms with Gasteiger partial charge in [-0.15, -0.1) is 22.7 Å². The molecule has 1 atom stereocenters. The zero-order chi connectivity index (χ0) is 10.8. The van der Waals surface area contributed by atoms with Gasteiger partial charge in [0.25, 0.3) is 0 Å². The van der Waals surface area contributed by atoms with Gasteiger partial charge in [-0.25, -0.2) is 4.98 Å². The summed E-state index contributed by atoms with van der Waals surface area (Å²) >= 11 is 12.6. The van der Waals surface area contributed by atoms with Crippen molar-refractivity contribution < 1.29 is 0 Å². The maximum atomic E-state index is 6.02. The van der Waals surface area contributed by atoms with E-state index in [0.717, 1.165) is 13.8 Å². The van der Waals surface area contributed by atoms with Crippen LogP contribution in [0.2, 0.25) is 4.34 Å². The van der Waals surface area contributed by atoms with Crippen molar-refractivity contribution in [3.8, 4) is 0 Å². The Bertz CT molecular complexity index is 421. The number of aromatic nitrogens is 1. The van der Waals surface area contributed by atoms with Crippen LogP contribution in [0.1, 0.15) is 15.9 Å². The lowest BCUT2D eigenvalue weighted by atomic mass is 10.2. The Hall–Kier alpha value is 0.0600. The standard InChI is InChI=1S/C9H8BrClN2S2/c1-12-7(9-13-2-3-14-9)6-4-5(10)8(11)15-6/h2-4,7,12H,1H3. The van der Waals surface area contributed by atoms with E-state index in [2.05, 4.69) is 26.2 Å². The molecule has 0 fully saturated rings. The second kappa shape index (κ2) is 4.93. The number of rotatable bonds is 3. The van der Waals surface area contributed by atoms with Crippen molar-refractivity contribution in [2.45, 2.75) is 6.04 Å². The van der Waals surface area contributed by atoms with Crippen LogP contribution in [0, 0.1) is 0 Å². The predicted octanol–water partition coefficient (Wildman–Crippen LogP) is 3.93. The third kappa shape index (κ3) is 2.42. The first-order chi connectivity index (χ1) is 7.22. The highest BCUT2D eigenvalue weighted by atomic mass is 79.9. The van der Waals surface area contributed by atoms with E-state index in [-0.39, 0.29) is 6.04 Å². The third-order valence-electron chi connectivity index (χ3n) is 1.94. The third-order valence-corrected chi connectivity index (χ3v) is 5.32. The van der Waals surface area contributed by atoms with Gasteiger partial charge in [0, 0.05) is 20.9 Å². The summed E-state index contributed by atoms with van der Waals surface area (Å²) in [6.07, 6.45) is 1.81. The summed E-state index contributed by atoms with van der Waals surface area (Å²) in [5.74, 6) is 0. The number of halogens is 2. The summed E-state index contributed by atoms with van der Waals surface area (Å²) in [7, 11) is 1.92. The van der Waals surface area contributed by atoms with Crippen LogP contribution in [0.3, 0.4) is 0 Å². The zero-order valence-electron chi connectivity index (χ0n) is 7.83. The molecule has 0 aromatic carbocycles. The second-order valence-corrected chi connectivity index (χ2v) is 6.33. The second-order valence-electron chi connectivity index (χ2n) is 2.86. The smallest absolute Gasteiger partial charge is 0.115 e. The molecule has 0 spiro atoms. The van der Waals surface area contributed by atoms with Crippen LogP contribution in [-0.2, 0) is 0 Å². The SMILES string of the molecule is CNC(c1cc(Br)c(Cl)s1)c1nccs1. The number of hydrogen-bond acceptors (Lipinski definition) is 4. The summed E-state index contributed by atoms with van der Waals surface area (Å²) in [6, 6.07) is 2.18. The molecule has 6 heteroatoms. The Labute approximate surface area is 109 Å². The van der Waals surface area contributed by atoms with Gasteiger partial charge in [0.05, 0.1) is 6.04 Å². The van der Waals surface area contributed by atoms with Crippen LogP contribution in [0.4, 0.5) is 0 Å². The summed E-state index contributed by atoms with van der Waals surface area (Å²) < 4.78 is 1.72. The largest absolute Gasteiger partial charge is 0.307 e. The van der Waals surface area contributed by atoms with Crippen LogP contribution >= 0.6 is 50.2 Å². The number of nitrogens with one attached hydrogen (secondary N) is 1. The summed E-state index contributed by atoms with van der Waals surface area (Å²) in [5.41, 5.74) is 0. The normalized spacial score (nSPS) is 13.0. The molecule has 2 aromatic rings. The highest BCUT2D eigenvalue weighted by Crippen LogP contribution is 2.37. The van der Waals surface area contributed by atoms with Crippen LogP contribution < -0.4 is 5.32 Å². The Morgan fingerprint density at radius 1 is 1.60 bits per heavy atom. The van der Waals surface area contributed by atoms with Crippen LogP contribution in [0.25, 0.3) is 0 Å². The van der Waals surface area contributed by atoms with E-state index in [1.807, 2.05) is 24.7 Å². The van der Waals surface area contributed by atoms with Gasteiger partial charge in [-0.3, -0.25) is 0 Å². The van der Waals surface area contributed by atoms with Crippen molar-refractivity contribution in [2.24, 2.45) is 0 Å². The first kappa shape index (κ1) is 11.5. The minimum atomic E-state index is 0.138. The fourth-order valence-electron chi connectivity index (χ4n) is 1.27. The molecular weight excluding hydrogens is 316 g/mol. The topological polar surface area (TPSA) is 24.9 Å². The first-order valence-electron chi connectivity index (χ1n) is 4.23. The summed E-state index contributed by atoms with van der Waals surface area (Å²) in [4.78, 5) is 5.48. The Morgan fingerprint density at radius 3 is 2.87 bits per heavy atom. The van der Waals surface area contributed by atoms with E-state index in [1.54, 1.807) is 22.7 Å². The number of thiazole rings is 1. The zero-order valence-corrected chi connectivity index (χ0v) is 11.8.